The second-order valence-corrected chi connectivity index (χ2v) is 3.15. The van der Waals surface area contributed by atoms with Crippen LogP contribution < -0.4 is 0 Å². The maximum Gasteiger partial charge on any atom is 0.134 e. The third-order valence-corrected chi connectivity index (χ3v) is 1.83. The van der Waals surface area contributed by atoms with Gasteiger partial charge >= 0.3 is 0 Å². The molecule has 2 heteroatoms. The van der Waals surface area contributed by atoms with Gasteiger partial charge in [0.1, 0.15) is 5.78 Å². The van der Waals surface area contributed by atoms with E-state index in [1.165, 1.54) is 6.92 Å². The first-order chi connectivity index (χ1) is 6.13. The van der Waals surface area contributed by atoms with Gasteiger partial charge in [0.25, 0.3) is 0 Å². The summed E-state index contributed by atoms with van der Waals surface area (Å²) in [6.07, 6.45) is 0.350. The number of hydrogen-bond donors (Lipinski definition) is 0. The highest BCUT2D eigenvalue weighted by Crippen LogP contribution is 2.11. The summed E-state index contributed by atoms with van der Waals surface area (Å²) in [6, 6.07) is 7.65. The van der Waals surface area contributed by atoms with E-state index in [0.717, 1.165) is 11.1 Å². The first-order valence-electron chi connectivity index (χ1n) is 4.12. The molecular formula is C11H11NO. The van der Waals surface area contributed by atoms with Gasteiger partial charge in [0.2, 0.25) is 0 Å². The molecule has 0 fully saturated rings. The van der Waals surface area contributed by atoms with Gasteiger partial charge in [0, 0.05) is 6.42 Å². The zero-order valence-electron chi connectivity index (χ0n) is 7.79. The molecule has 13 heavy (non-hydrogen) atoms. The summed E-state index contributed by atoms with van der Waals surface area (Å²) >= 11 is 0. The number of hydrogen-bond acceptors (Lipinski definition) is 2. The first kappa shape index (κ1) is 9.47. The van der Waals surface area contributed by atoms with E-state index < -0.39 is 0 Å². The minimum atomic E-state index is 0.0837. The van der Waals surface area contributed by atoms with Gasteiger partial charge in [-0.25, -0.2) is 0 Å². The lowest BCUT2D eigenvalue weighted by Gasteiger charge is -2.01. The number of Topliss-reactive ketones (excluding diaryl/α,β-unsaturated/α-hetero) is 1. The largest absolute Gasteiger partial charge is 0.300 e. The van der Waals surface area contributed by atoms with Crippen LogP contribution in [-0.4, -0.2) is 5.78 Å². The maximum atomic E-state index is 10.9. The van der Waals surface area contributed by atoms with E-state index in [0.29, 0.717) is 12.0 Å². The van der Waals surface area contributed by atoms with Crippen LogP contribution in [0.2, 0.25) is 0 Å². The van der Waals surface area contributed by atoms with Gasteiger partial charge in [0.05, 0.1) is 11.6 Å². The van der Waals surface area contributed by atoms with Crippen molar-refractivity contribution in [2.75, 3.05) is 0 Å². The first-order valence-corrected chi connectivity index (χ1v) is 4.12. The normalized spacial score (nSPS) is 9.31. The van der Waals surface area contributed by atoms with Gasteiger partial charge in [-0.15, -0.1) is 0 Å². The smallest absolute Gasteiger partial charge is 0.134 e. The van der Waals surface area contributed by atoms with E-state index in [1.807, 2.05) is 19.1 Å². The van der Waals surface area contributed by atoms with Crippen LogP contribution in [-0.2, 0) is 11.2 Å². The van der Waals surface area contributed by atoms with E-state index in [9.17, 15) is 4.79 Å². The average Bonchev–Trinajstić information content (AvgIpc) is 2.07. The SMILES string of the molecule is CC(=O)Cc1ccc(C)cc1C#N. The second kappa shape index (κ2) is 3.86. The minimum absolute atomic E-state index is 0.0837. The fourth-order valence-corrected chi connectivity index (χ4v) is 1.22. The van der Waals surface area contributed by atoms with Crippen molar-refractivity contribution in [2.45, 2.75) is 20.3 Å². The van der Waals surface area contributed by atoms with Crippen molar-refractivity contribution in [3.63, 3.8) is 0 Å². The summed E-state index contributed by atoms with van der Waals surface area (Å²) in [4.78, 5) is 10.9. The highest BCUT2D eigenvalue weighted by molar-refractivity contribution is 5.78. The Morgan fingerprint density at radius 3 is 2.77 bits per heavy atom. The van der Waals surface area contributed by atoms with Crippen LogP contribution in [0.25, 0.3) is 0 Å². The molecule has 66 valence electrons. The molecule has 0 heterocycles. The zero-order chi connectivity index (χ0) is 9.84. The van der Waals surface area contributed by atoms with Gasteiger partial charge in [-0.3, -0.25) is 4.79 Å². The van der Waals surface area contributed by atoms with Crippen LogP contribution >= 0.6 is 0 Å². The van der Waals surface area contributed by atoms with Crippen LogP contribution in [0.15, 0.2) is 18.2 Å². The van der Waals surface area contributed by atoms with Crippen molar-refractivity contribution in [3.8, 4) is 6.07 Å². The number of rotatable bonds is 2. The highest BCUT2D eigenvalue weighted by atomic mass is 16.1. The van der Waals surface area contributed by atoms with Crippen LogP contribution in [0.3, 0.4) is 0 Å². The quantitative estimate of drug-likeness (QED) is 0.686. The molecule has 1 aromatic carbocycles. The topological polar surface area (TPSA) is 40.9 Å². The van der Waals surface area contributed by atoms with Crippen LogP contribution in [0.4, 0.5) is 0 Å². The van der Waals surface area contributed by atoms with Gasteiger partial charge < -0.3 is 0 Å². The molecule has 0 amide bonds. The Morgan fingerprint density at radius 1 is 1.54 bits per heavy atom. The Morgan fingerprint density at radius 2 is 2.23 bits per heavy atom. The standard InChI is InChI=1S/C11H11NO/c1-8-3-4-10(6-9(2)13)11(5-8)7-12/h3-5H,6H2,1-2H3. The number of aryl methyl sites for hydroxylation is 1. The van der Waals surface area contributed by atoms with Gasteiger partial charge in [-0.05, 0) is 31.0 Å². The molecule has 0 aliphatic carbocycles. The summed E-state index contributed by atoms with van der Waals surface area (Å²) in [7, 11) is 0. The van der Waals surface area contributed by atoms with Gasteiger partial charge in [0.15, 0.2) is 0 Å². The Hall–Kier alpha value is -1.62. The van der Waals surface area contributed by atoms with E-state index in [1.54, 1.807) is 6.07 Å². The van der Waals surface area contributed by atoms with Crippen molar-refractivity contribution >= 4 is 5.78 Å². The fourth-order valence-electron chi connectivity index (χ4n) is 1.22. The molecule has 1 rings (SSSR count). The molecule has 2 nitrogen and oxygen atoms in total. The second-order valence-electron chi connectivity index (χ2n) is 3.15. The summed E-state index contributed by atoms with van der Waals surface area (Å²) in [5.41, 5.74) is 2.47. The minimum Gasteiger partial charge on any atom is -0.300 e. The van der Waals surface area contributed by atoms with Gasteiger partial charge in [-0.2, -0.15) is 5.26 Å². The van der Waals surface area contributed by atoms with E-state index >= 15 is 0 Å². The number of nitrogens with zero attached hydrogens (tertiary/aromatic N) is 1. The molecule has 0 aromatic heterocycles. The van der Waals surface area contributed by atoms with Crippen LogP contribution in [0, 0.1) is 18.3 Å². The monoisotopic (exact) mass is 173 g/mol. The summed E-state index contributed by atoms with van der Waals surface area (Å²) in [5, 5.41) is 8.79. The van der Waals surface area contributed by atoms with Crippen molar-refractivity contribution in [3.05, 3.63) is 34.9 Å². The maximum absolute atomic E-state index is 10.9. The number of carbonyl (C=O) groups excluding carboxylic acids is 1. The van der Waals surface area contributed by atoms with Crippen LogP contribution in [0.5, 0.6) is 0 Å². The Kier molecular flexibility index (Phi) is 2.81. The lowest BCUT2D eigenvalue weighted by Crippen LogP contribution is -1.99. The number of ketones is 1. The summed E-state index contributed by atoms with van der Waals surface area (Å²) in [5.74, 6) is 0.0837. The molecule has 0 N–H and O–H groups in total. The predicted octanol–water partition coefficient (Wildman–Crippen LogP) is 2.00. The Balaban J connectivity index is 3.08. The molecule has 0 bridgehead atoms. The third kappa shape index (κ3) is 2.41. The molecule has 0 saturated carbocycles. The lowest BCUT2D eigenvalue weighted by atomic mass is 10.0. The molecule has 1 aromatic rings. The van der Waals surface area contributed by atoms with Crippen molar-refractivity contribution in [1.82, 2.24) is 0 Å². The summed E-state index contributed by atoms with van der Waals surface area (Å²) < 4.78 is 0. The van der Waals surface area contributed by atoms with E-state index in [2.05, 4.69) is 6.07 Å². The third-order valence-electron chi connectivity index (χ3n) is 1.83. The number of benzene rings is 1. The Labute approximate surface area is 77.8 Å². The molecule has 0 aliphatic rings. The fraction of sp³-hybridized carbons (Fsp3) is 0.273. The van der Waals surface area contributed by atoms with Gasteiger partial charge in [-0.1, -0.05) is 12.1 Å². The molecule has 0 atom stereocenters. The molecule has 0 radical (unpaired) electrons. The zero-order valence-corrected chi connectivity index (χ0v) is 7.79. The number of carbonyl (C=O) groups is 1. The number of nitriles is 1. The van der Waals surface area contributed by atoms with Crippen molar-refractivity contribution in [1.29, 1.82) is 5.26 Å². The van der Waals surface area contributed by atoms with Crippen molar-refractivity contribution < 1.29 is 4.79 Å². The van der Waals surface area contributed by atoms with E-state index in [-0.39, 0.29) is 5.78 Å². The lowest BCUT2D eigenvalue weighted by molar-refractivity contribution is -0.116. The Bertz CT molecular complexity index is 374. The molecule has 0 spiro atoms. The summed E-state index contributed by atoms with van der Waals surface area (Å²) in [6.45, 7) is 3.46. The molecular weight excluding hydrogens is 162 g/mol. The predicted molar refractivity (Wildman–Crippen MR) is 50.3 cm³/mol. The average molecular weight is 173 g/mol. The highest BCUT2D eigenvalue weighted by Gasteiger charge is 2.03. The van der Waals surface area contributed by atoms with E-state index in [4.69, 9.17) is 5.26 Å². The van der Waals surface area contributed by atoms with Crippen molar-refractivity contribution in [2.24, 2.45) is 0 Å². The van der Waals surface area contributed by atoms with Crippen LogP contribution in [0.1, 0.15) is 23.6 Å². The molecule has 0 unspecified atom stereocenters. The molecule has 0 saturated heterocycles. The molecule has 0 aliphatic heterocycles.